The van der Waals surface area contributed by atoms with Crippen LogP contribution in [-0.4, -0.2) is 31.6 Å². The summed E-state index contributed by atoms with van der Waals surface area (Å²) < 4.78 is 10.3. The molecule has 1 aromatic heterocycles. The Balaban J connectivity index is 1.96. The Morgan fingerprint density at radius 1 is 1.13 bits per heavy atom. The number of hydrogen-bond acceptors (Lipinski definition) is 4. The highest BCUT2D eigenvalue weighted by atomic mass is 16.5. The lowest BCUT2D eigenvalue weighted by Gasteiger charge is -2.10. The molecule has 0 aliphatic carbocycles. The van der Waals surface area contributed by atoms with Crippen LogP contribution in [0.3, 0.4) is 0 Å². The second-order valence-electron chi connectivity index (χ2n) is 4.78. The maximum absolute atomic E-state index is 12.2. The molecule has 23 heavy (non-hydrogen) atoms. The predicted octanol–water partition coefficient (Wildman–Crippen LogP) is 2.69. The van der Waals surface area contributed by atoms with Crippen molar-refractivity contribution in [2.24, 2.45) is 0 Å². The largest absolute Gasteiger partial charge is 0.459 e. The third-order valence-electron chi connectivity index (χ3n) is 3.12. The van der Waals surface area contributed by atoms with Crippen LogP contribution >= 0.6 is 0 Å². The minimum Gasteiger partial charge on any atom is -0.459 e. The number of amides is 2. The number of carbonyl (C=O) groups is 2. The Morgan fingerprint density at radius 3 is 2.70 bits per heavy atom. The molecule has 0 bridgehead atoms. The SMILES string of the molecule is CCOCCCNC(=O)c1ccccc1NC(=O)c1ccco1. The van der Waals surface area contributed by atoms with Crippen molar-refractivity contribution in [3.05, 3.63) is 54.0 Å². The summed E-state index contributed by atoms with van der Waals surface area (Å²) in [6.07, 6.45) is 2.16. The van der Waals surface area contributed by atoms with Gasteiger partial charge in [-0.05, 0) is 37.6 Å². The Labute approximate surface area is 134 Å². The lowest BCUT2D eigenvalue weighted by Crippen LogP contribution is -2.26. The zero-order chi connectivity index (χ0) is 16.5. The van der Waals surface area contributed by atoms with Crippen LogP contribution in [0.1, 0.15) is 34.3 Å². The van der Waals surface area contributed by atoms with Gasteiger partial charge in [0, 0.05) is 19.8 Å². The van der Waals surface area contributed by atoms with Gasteiger partial charge in [-0.3, -0.25) is 9.59 Å². The van der Waals surface area contributed by atoms with Gasteiger partial charge in [0.1, 0.15) is 0 Å². The van der Waals surface area contributed by atoms with E-state index in [1.807, 2.05) is 6.92 Å². The second kappa shape index (κ2) is 8.75. The molecule has 1 heterocycles. The molecular formula is C17H20N2O4. The molecule has 2 rings (SSSR count). The molecule has 0 saturated heterocycles. The molecule has 122 valence electrons. The Bertz CT molecular complexity index is 638. The third-order valence-corrected chi connectivity index (χ3v) is 3.12. The lowest BCUT2D eigenvalue weighted by atomic mass is 10.1. The first-order chi connectivity index (χ1) is 11.2. The fraction of sp³-hybridized carbons (Fsp3) is 0.294. The van der Waals surface area contributed by atoms with E-state index in [9.17, 15) is 9.59 Å². The highest BCUT2D eigenvalue weighted by molar-refractivity contribution is 6.07. The smallest absolute Gasteiger partial charge is 0.291 e. The van der Waals surface area contributed by atoms with Crippen molar-refractivity contribution in [3.8, 4) is 0 Å². The van der Waals surface area contributed by atoms with Gasteiger partial charge in [0.05, 0.1) is 17.5 Å². The molecule has 0 fully saturated rings. The molecule has 0 unspecified atom stereocenters. The van der Waals surface area contributed by atoms with Crippen molar-refractivity contribution in [1.29, 1.82) is 0 Å². The third kappa shape index (κ3) is 4.96. The van der Waals surface area contributed by atoms with Crippen LogP contribution in [0.15, 0.2) is 47.1 Å². The average molecular weight is 316 g/mol. The molecule has 0 spiro atoms. The van der Waals surface area contributed by atoms with E-state index in [-0.39, 0.29) is 11.7 Å². The number of carbonyl (C=O) groups excluding carboxylic acids is 2. The molecule has 0 radical (unpaired) electrons. The van der Waals surface area contributed by atoms with E-state index in [1.54, 1.807) is 36.4 Å². The Hall–Kier alpha value is -2.60. The fourth-order valence-corrected chi connectivity index (χ4v) is 2.00. The van der Waals surface area contributed by atoms with E-state index in [0.717, 1.165) is 6.42 Å². The van der Waals surface area contributed by atoms with Crippen LogP contribution in [0.2, 0.25) is 0 Å². The number of benzene rings is 1. The molecule has 6 heteroatoms. The van der Waals surface area contributed by atoms with E-state index < -0.39 is 5.91 Å². The van der Waals surface area contributed by atoms with Gasteiger partial charge in [-0.25, -0.2) is 0 Å². The Morgan fingerprint density at radius 2 is 1.96 bits per heavy atom. The molecule has 1 aromatic carbocycles. The lowest BCUT2D eigenvalue weighted by molar-refractivity contribution is 0.0945. The van der Waals surface area contributed by atoms with E-state index in [4.69, 9.17) is 9.15 Å². The van der Waals surface area contributed by atoms with Crippen LogP contribution in [0.4, 0.5) is 5.69 Å². The van der Waals surface area contributed by atoms with Gasteiger partial charge < -0.3 is 19.8 Å². The molecule has 2 aromatic rings. The molecule has 2 N–H and O–H groups in total. The van der Waals surface area contributed by atoms with Crippen LogP contribution in [-0.2, 0) is 4.74 Å². The van der Waals surface area contributed by atoms with Gasteiger partial charge >= 0.3 is 0 Å². The van der Waals surface area contributed by atoms with Crippen LogP contribution in [0.25, 0.3) is 0 Å². The molecular weight excluding hydrogens is 296 g/mol. The van der Waals surface area contributed by atoms with Crippen molar-refractivity contribution >= 4 is 17.5 Å². The molecule has 0 atom stereocenters. The summed E-state index contributed by atoms with van der Waals surface area (Å²) in [4.78, 5) is 24.3. The maximum atomic E-state index is 12.2. The maximum Gasteiger partial charge on any atom is 0.291 e. The molecule has 0 aliphatic rings. The van der Waals surface area contributed by atoms with Crippen molar-refractivity contribution in [2.75, 3.05) is 25.1 Å². The van der Waals surface area contributed by atoms with Gasteiger partial charge in [0.15, 0.2) is 5.76 Å². The van der Waals surface area contributed by atoms with Gasteiger partial charge in [-0.1, -0.05) is 12.1 Å². The molecule has 2 amide bonds. The summed E-state index contributed by atoms with van der Waals surface area (Å²) in [5, 5.41) is 5.50. The van der Waals surface area contributed by atoms with Crippen LogP contribution < -0.4 is 10.6 Å². The van der Waals surface area contributed by atoms with E-state index in [2.05, 4.69) is 10.6 Å². The van der Waals surface area contributed by atoms with E-state index >= 15 is 0 Å². The van der Waals surface area contributed by atoms with Gasteiger partial charge in [-0.2, -0.15) is 0 Å². The van der Waals surface area contributed by atoms with Gasteiger partial charge in [0.2, 0.25) is 0 Å². The van der Waals surface area contributed by atoms with E-state index in [1.165, 1.54) is 6.26 Å². The summed E-state index contributed by atoms with van der Waals surface area (Å²) in [6.45, 7) is 3.71. The first kappa shape index (κ1) is 16.8. The number of rotatable bonds is 8. The summed E-state index contributed by atoms with van der Waals surface area (Å²) in [6, 6.07) is 10.0. The summed E-state index contributed by atoms with van der Waals surface area (Å²) in [5.74, 6) is -0.444. The number of nitrogens with one attached hydrogen (secondary N) is 2. The highest BCUT2D eigenvalue weighted by Crippen LogP contribution is 2.16. The zero-order valence-electron chi connectivity index (χ0n) is 13.0. The number of hydrogen-bond donors (Lipinski definition) is 2. The number of ether oxygens (including phenoxy) is 1. The minimum absolute atomic E-state index is 0.192. The minimum atomic E-state index is -0.397. The normalized spacial score (nSPS) is 10.3. The highest BCUT2D eigenvalue weighted by Gasteiger charge is 2.14. The monoisotopic (exact) mass is 316 g/mol. The summed E-state index contributed by atoms with van der Waals surface area (Å²) in [7, 11) is 0. The summed E-state index contributed by atoms with van der Waals surface area (Å²) >= 11 is 0. The molecule has 0 saturated carbocycles. The quantitative estimate of drug-likeness (QED) is 0.734. The van der Waals surface area contributed by atoms with Crippen molar-refractivity contribution in [2.45, 2.75) is 13.3 Å². The first-order valence-electron chi connectivity index (χ1n) is 7.52. The van der Waals surface area contributed by atoms with Crippen LogP contribution in [0, 0.1) is 0 Å². The first-order valence-corrected chi connectivity index (χ1v) is 7.52. The second-order valence-corrected chi connectivity index (χ2v) is 4.78. The average Bonchev–Trinajstić information content (AvgIpc) is 3.09. The summed E-state index contributed by atoms with van der Waals surface area (Å²) in [5.41, 5.74) is 0.847. The molecule has 0 aliphatic heterocycles. The van der Waals surface area contributed by atoms with Crippen molar-refractivity contribution in [3.63, 3.8) is 0 Å². The Kier molecular flexibility index (Phi) is 6.38. The number of para-hydroxylation sites is 1. The van der Waals surface area contributed by atoms with Crippen LogP contribution in [0.5, 0.6) is 0 Å². The van der Waals surface area contributed by atoms with Gasteiger partial charge in [0.25, 0.3) is 11.8 Å². The zero-order valence-corrected chi connectivity index (χ0v) is 13.0. The fourth-order valence-electron chi connectivity index (χ4n) is 2.00. The predicted molar refractivity (Wildman–Crippen MR) is 86.5 cm³/mol. The standard InChI is InChI=1S/C17H20N2O4/c1-2-22-11-6-10-18-16(20)13-7-3-4-8-14(13)19-17(21)15-9-5-12-23-15/h3-5,7-9,12H,2,6,10-11H2,1H3,(H,18,20)(H,19,21). The van der Waals surface area contributed by atoms with E-state index in [0.29, 0.717) is 31.0 Å². The topological polar surface area (TPSA) is 80.6 Å². The van der Waals surface area contributed by atoms with Crippen molar-refractivity contribution < 1.29 is 18.7 Å². The number of furan rings is 1. The van der Waals surface area contributed by atoms with Crippen molar-refractivity contribution in [1.82, 2.24) is 5.32 Å². The van der Waals surface area contributed by atoms with Gasteiger partial charge in [-0.15, -0.1) is 0 Å². The number of anilines is 1. The molecule has 6 nitrogen and oxygen atoms in total.